The van der Waals surface area contributed by atoms with Gasteiger partial charge < -0.3 is 10.5 Å². The van der Waals surface area contributed by atoms with Crippen LogP contribution in [0.2, 0.25) is 0 Å². The zero-order chi connectivity index (χ0) is 8.97. The summed E-state index contributed by atoms with van der Waals surface area (Å²) in [4.78, 5) is 2.65. The molecule has 12 heavy (non-hydrogen) atoms. The fourth-order valence-electron chi connectivity index (χ4n) is 0.833. The molecule has 0 aliphatic carbocycles. The molecule has 0 saturated heterocycles. The van der Waals surface area contributed by atoms with Crippen LogP contribution in [-0.4, -0.2) is 7.11 Å². The highest BCUT2D eigenvalue weighted by Crippen LogP contribution is 2.29. The molecule has 0 radical (unpaired) electrons. The van der Waals surface area contributed by atoms with Crippen LogP contribution in [0.15, 0.2) is 23.3 Å². The van der Waals surface area contributed by atoms with Crippen molar-refractivity contribution >= 4 is 11.4 Å². The van der Waals surface area contributed by atoms with Crippen LogP contribution in [0, 0.1) is 0 Å². The second kappa shape index (κ2) is 3.50. The molecule has 0 aliphatic rings. The lowest BCUT2D eigenvalue weighted by molar-refractivity contribution is 0.416. The highest BCUT2D eigenvalue weighted by Gasteiger charge is 1.99. The lowest BCUT2D eigenvalue weighted by atomic mass is 10.2. The van der Waals surface area contributed by atoms with E-state index in [1.165, 1.54) is 7.11 Å². The van der Waals surface area contributed by atoms with Gasteiger partial charge in [-0.1, -0.05) is 5.11 Å². The fourth-order valence-corrected chi connectivity index (χ4v) is 0.833. The third kappa shape index (κ3) is 1.59. The van der Waals surface area contributed by atoms with Gasteiger partial charge in [-0.15, -0.1) is 0 Å². The van der Waals surface area contributed by atoms with Crippen LogP contribution in [0.1, 0.15) is 0 Å². The van der Waals surface area contributed by atoms with Crippen molar-refractivity contribution in [3.05, 3.63) is 28.6 Å². The Morgan fingerprint density at radius 3 is 2.92 bits per heavy atom. The van der Waals surface area contributed by atoms with Crippen LogP contribution in [0.3, 0.4) is 0 Å². The largest absolute Gasteiger partial charge is 0.496 e. The van der Waals surface area contributed by atoms with Crippen molar-refractivity contribution in [3.8, 4) is 5.75 Å². The number of methoxy groups -OCH3 is 1. The summed E-state index contributed by atoms with van der Waals surface area (Å²) >= 11 is 0. The molecule has 5 heteroatoms. The van der Waals surface area contributed by atoms with Gasteiger partial charge in [0.1, 0.15) is 5.75 Å². The number of nitrogens with two attached hydrogens (primary N) is 1. The van der Waals surface area contributed by atoms with Crippen LogP contribution in [-0.2, 0) is 0 Å². The SMILES string of the molecule is COc1ccc(N)cc1N=[N+]=[N-]. The molecule has 0 saturated carbocycles. The molecule has 5 nitrogen and oxygen atoms in total. The predicted molar refractivity (Wildman–Crippen MR) is 46.2 cm³/mol. The van der Waals surface area contributed by atoms with Gasteiger partial charge in [0, 0.05) is 10.6 Å². The molecule has 1 aromatic carbocycles. The van der Waals surface area contributed by atoms with Crippen LogP contribution >= 0.6 is 0 Å². The van der Waals surface area contributed by atoms with Gasteiger partial charge in [0.25, 0.3) is 0 Å². The number of azide groups is 1. The maximum atomic E-state index is 8.19. The Morgan fingerprint density at radius 1 is 1.58 bits per heavy atom. The zero-order valence-electron chi connectivity index (χ0n) is 6.56. The van der Waals surface area contributed by atoms with E-state index in [0.29, 0.717) is 17.1 Å². The molecule has 62 valence electrons. The van der Waals surface area contributed by atoms with Crippen molar-refractivity contribution in [1.29, 1.82) is 0 Å². The van der Waals surface area contributed by atoms with Crippen molar-refractivity contribution in [1.82, 2.24) is 0 Å². The molecular weight excluding hydrogens is 156 g/mol. The molecule has 0 atom stereocenters. The molecule has 0 aromatic heterocycles. The van der Waals surface area contributed by atoms with E-state index in [-0.39, 0.29) is 0 Å². The molecule has 1 rings (SSSR count). The van der Waals surface area contributed by atoms with Crippen molar-refractivity contribution in [2.24, 2.45) is 5.11 Å². The molecular formula is C7H8N4O. The number of hydrogen-bond acceptors (Lipinski definition) is 3. The average Bonchev–Trinajstić information content (AvgIpc) is 2.05. The van der Waals surface area contributed by atoms with Crippen LogP contribution < -0.4 is 10.5 Å². The summed E-state index contributed by atoms with van der Waals surface area (Å²) in [5.74, 6) is 0.516. The maximum absolute atomic E-state index is 8.19. The number of hydrogen-bond donors (Lipinski definition) is 1. The van der Waals surface area contributed by atoms with E-state index < -0.39 is 0 Å². The van der Waals surface area contributed by atoms with Crippen LogP contribution in [0.4, 0.5) is 11.4 Å². The Kier molecular flexibility index (Phi) is 2.40. The molecule has 0 bridgehead atoms. The molecule has 0 amide bonds. The van der Waals surface area contributed by atoms with Gasteiger partial charge in [-0.25, -0.2) is 0 Å². The molecule has 0 spiro atoms. The van der Waals surface area contributed by atoms with E-state index >= 15 is 0 Å². The van der Waals surface area contributed by atoms with Gasteiger partial charge >= 0.3 is 0 Å². The normalized spacial score (nSPS) is 8.75. The summed E-state index contributed by atoms with van der Waals surface area (Å²) in [6, 6.07) is 4.88. The number of nitrogens with zero attached hydrogens (tertiary/aromatic N) is 3. The summed E-state index contributed by atoms with van der Waals surface area (Å²) in [6.07, 6.45) is 0. The Labute approximate surface area is 69.4 Å². The van der Waals surface area contributed by atoms with Gasteiger partial charge in [0.2, 0.25) is 0 Å². The number of rotatable bonds is 2. The van der Waals surface area contributed by atoms with E-state index in [1.807, 2.05) is 0 Å². The Hall–Kier alpha value is -1.87. The van der Waals surface area contributed by atoms with E-state index in [1.54, 1.807) is 18.2 Å². The van der Waals surface area contributed by atoms with Gasteiger partial charge in [-0.3, -0.25) is 0 Å². The molecule has 0 unspecified atom stereocenters. The van der Waals surface area contributed by atoms with Crippen LogP contribution in [0.25, 0.3) is 10.4 Å². The number of benzene rings is 1. The molecule has 0 aliphatic heterocycles. The lowest BCUT2D eigenvalue weighted by Gasteiger charge is -2.03. The summed E-state index contributed by atoms with van der Waals surface area (Å²) < 4.78 is 4.93. The predicted octanol–water partition coefficient (Wildman–Crippen LogP) is 2.22. The highest BCUT2D eigenvalue weighted by atomic mass is 16.5. The molecule has 0 fully saturated rings. The van der Waals surface area contributed by atoms with Crippen molar-refractivity contribution < 1.29 is 4.74 Å². The number of anilines is 1. The molecule has 0 heterocycles. The lowest BCUT2D eigenvalue weighted by Crippen LogP contribution is -1.86. The topological polar surface area (TPSA) is 84.0 Å². The van der Waals surface area contributed by atoms with Crippen molar-refractivity contribution in [2.45, 2.75) is 0 Å². The Balaban J connectivity index is 3.20. The quantitative estimate of drug-likeness (QED) is 0.314. The zero-order valence-corrected chi connectivity index (χ0v) is 6.56. The first-order valence-corrected chi connectivity index (χ1v) is 3.26. The number of ether oxygens (including phenoxy) is 1. The van der Waals surface area contributed by atoms with Crippen LogP contribution in [0.5, 0.6) is 5.75 Å². The minimum Gasteiger partial charge on any atom is -0.496 e. The number of nitrogen functional groups attached to an aromatic ring is 1. The summed E-state index contributed by atoms with van der Waals surface area (Å²) in [7, 11) is 1.50. The fraction of sp³-hybridized carbons (Fsp3) is 0.143. The van der Waals surface area contributed by atoms with Gasteiger partial charge in [-0.05, 0) is 23.7 Å². The summed E-state index contributed by atoms with van der Waals surface area (Å²) in [6.45, 7) is 0. The van der Waals surface area contributed by atoms with Gasteiger partial charge in [0.15, 0.2) is 0 Å². The maximum Gasteiger partial charge on any atom is 0.128 e. The minimum atomic E-state index is 0.403. The first-order chi connectivity index (χ1) is 5.77. The Bertz CT molecular complexity index is 330. The van der Waals surface area contributed by atoms with E-state index in [9.17, 15) is 0 Å². The molecule has 1 aromatic rings. The van der Waals surface area contributed by atoms with E-state index in [0.717, 1.165) is 0 Å². The Morgan fingerprint density at radius 2 is 2.33 bits per heavy atom. The van der Waals surface area contributed by atoms with E-state index in [4.69, 9.17) is 16.0 Å². The third-order valence-corrected chi connectivity index (χ3v) is 1.36. The summed E-state index contributed by atoms with van der Waals surface area (Å²) in [5.41, 5.74) is 14.6. The minimum absolute atomic E-state index is 0.403. The van der Waals surface area contributed by atoms with Crippen molar-refractivity contribution in [2.75, 3.05) is 12.8 Å². The first-order valence-electron chi connectivity index (χ1n) is 3.26. The second-order valence-corrected chi connectivity index (χ2v) is 2.12. The standard InChI is InChI=1S/C7H8N4O/c1-12-7-3-2-5(8)4-6(7)10-11-9/h2-4H,8H2,1H3. The highest BCUT2D eigenvalue weighted by molar-refractivity contribution is 5.59. The van der Waals surface area contributed by atoms with Gasteiger partial charge in [-0.2, -0.15) is 0 Å². The van der Waals surface area contributed by atoms with Crippen molar-refractivity contribution in [3.63, 3.8) is 0 Å². The molecule has 2 N–H and O–H groups in total. The van der Waals surface area contributed by atoms with E-state index in [2.05, 4.69) is 10.0 Å². The van der Waals surface area contributed by atoms with Gasteiger partial charge in [0.05, 0.1) is 12.8 Å². The summed E-state index contributed by atoms with van der Waals surface area (Å²) in [5, 5.41) is 3.41. The second-order valence-electron chi connectivity index (χ2n) is 2.12. The smallest absolute Gasteiger partial charge is 0.128 e. The first kappa shape index (κ1) is 8.23. The average molecular weight is 164 g/mol. The monoisotopic (exact) mass is 164 g/mol. The third-order valence-electron chi connectivity index (χ3n) is 1.36.